The Hall–Kier alpha value is -1.00. The number of piperazine rings is 1. The zero-order chi connectivity index (χ0) is 15.5. The van der Waals surface area contributed by atoms with E-state index >= 15 is 0 Å². The van der Waals surface area contributed by atoms with Gasteiger partial charge in [-0.25, -0.2) is 0 Å². The molecule has 1 heterocycles. The number of benzene rings is 1. The van der Waals surface area contributed by atoms with E-state index in [2.05, 4.69) is 19.2 Å². The van der Waals surface area contributed by atoms with Crippen molar-refractivity contribution in [3.63, 3.8) is 0 Å². The number of hydrogen-bond acceptors (Lipinski definition) is 2. The van der Waals surface area contributed by atoms with Gasteiger partial charge in [0.05, 0.1) is 6.54 Å². The molecule has 21 heavy (non-hydrogen) atoms. The molecule has 1 aromatic rings. The van der Waals surface area contributed by atoms with E-state index in [1.54, 1.807) is 18.2 Å². The molecule has 0 saturated carbocycles. The Bertz CT molecular complexity index is 434. The maximum absolute atomic E-state index is 14.4. The van der Waals surface area contributed by atoms with Crippen LogP contribution in [0.15, 0.2) is 30.3 Å². The summed E-state index contributed by atoms with van der Waals surface area (Å²) >= 11 is 0. The van der Waals surface area contributed by atoms with Gasteiger partial charge in [-0.3, -0.25) is 4.90 Å². The third-order valence-electron chi connectivity index (χ3n) is 4.13. The van der Waals surface area contributed by atoms with Gasteiger partial charge < -0.3 is 5.32 Å². The topological polar surface area (TPSA) is 15.3 Å². The minimum Gasteiger partial charge on any atom is -0.311 e. The number of hydrogen-bond donors (Lipinski definition) is 1. The molecule has 0 spiro atoms. The van der Waals surface area contributed by atoms with Gasteiger partial charge in [0.1, 0.15) is 0 Å². The number of rotatable bonds is 5. The van der Waals surface area contributed by atoms with Gasteiger partial charge in [-0.1, -0.05) is 44.2 Å². The van der Waals surface area contributed by atoms with E-state index in [0.29, 0.717) is 18.5 Å². The van der Waals surface area contributed by atoms with Crippen molar-refractivity contribution in [3.05, 3.63) is 35.9 Å². The van der Waals surface area contributed by atoms with Gasteiger partial charge in [0.25, 0.3) is 5.92 Å². The zero-order valence-electron chi connectivity index (χ0n) is 13.2. The van der Waals surface area contributed by atoms with Crippen LogP contribution in [0.4, 0.5) is 8.78 Å². The van der Waals surface area contributed by atoms with Crippen LogP contribution in [0.2, 0.25) is 0 Å². The van der Waals surface area contributed by atoms with Crippen molar-refractivity contribution in [1.82, 2.24) is 10.2 Å². The summed E-state index contributed by atoms with van der Waals surface area (Å²) in [5.41, 5.74) is 0.108. The molecular formula is C17H26F2N2. The Morgan fingerprint density at radius 2 is 1.95 bits per heavy atom. The van der Waals surface area contributed by atoms with Crippen LogP contribution in [-0.2, 0) is 5.92 Å². The normalized spacial score (nSPS) is 24.5. The van der Waals surface area contributed by atoms with Crippen LogP contribution in [0.1, 0.15) is 32.8 Å². The minimum absolute atomic E-state index is 0.108. The molecule has 1 aromatic carbocycles. The number of nitrogens with one attached hydrogen (secondary N) is 1. The average molecular weight is 296 g/mol. The van der Waals surface area contributed by atoms with Gasteiger partial charge in [0, 0.05) is 30.7 Å². The summed E-state index contributed by atoms with van der Waals surface area (Å²) in [6.07, 6.45) is 1.03. The highest BCUT2D eigenvalue weighted by molar-refractivity contribution is 5.20. The fraction of sp³-hybridized carbons (Fsp3) is 0.647. The van der Waals surface area contributed by atoms with Gasteiger partial charge in [0.2, 0.25) is 0 Å². The Labute approximate surface area is 126 Å². The van der Waals surface area contributed by atoms with Crippen LogP contribution in [0.3, 0.4) is 0 Å². The molecule has 2 unspecified atom stereocenters. The highest BCUT2D eigenvalue weighted by Gasteiger charge is 2.37. The molecule has 0 aromatic heterocycles. The van der Waals surface area contributed by atoms with Crippen molar-refractivity contribution in [2.45, 2.75) is 45.2 Å². The first-order chi connectivity index (χ1) is 9.88. The second-order valence-electron chi connectivity index (χ2n) is 6.58. The highest BCUT2D eigenvalue weighted by atomic mass is 19.3. The van der Waals surface area contributed by atoms with Crippen molar-refractivity contribution < 1.29 is 8.78 Å². The van der Waals surface area contributed by atoms with Crippen LogP contribution >= 0.6 is 0 Å². The molecule has 4 heteroatoms. The molecule has 1 saturated heterocycles. The molecule has 2 nitrogen and oxygen atoms in total. The smallest absolute Gasteiger partial charge is 0.285 e. The van der Waals surface area contributed by atoms with Crippen molar-refractivity contribution in [2.24, 2.45) is 5.92 Å². The number of nitrogens with zero attached hydrogens (tertiary/aromatic N) is 1. The monoisotopic (exact) mass is 296 g/mol. The van der Waals surface area contributed by atoms with Crippen molar-refractivity contribution in [1.29, 1.82) is 0 Å². The van der Waals surface area contributed by atoms with Crippen molar-refractivity contribution in [2.75, 3.05) is 19.6 Å². The molecule has 2 atom stereocenters. The molecule has 1 fully saturated rings. The van der Waals surface area contributed by atoms with E-state index in [4.69, 9.17) is 0 Å². The van der Waals surface area contributed by atoms with E-state index in [1.807, 2.05) is 11.8 Å². The van der Waals surface area contributed by atoms with Crippen molar-refractivity contribution in [3.8, 4) is 0 Å². The van der Waals surface area contributed by atoms with E-state index in [1.165, 1.54) is 12.1 Å². The number of halogens is 2. The lowest BCUT2D eigenvalue weighted by atomic mass is 9.99. The molecular weight excluding hydrogens is 270 g/mol. The first-order valence-corrected chi connectivity index (χ1v) is 7.79. The molecule has 118 valence electrons. The third-order valence-corrected chi connectivity index (χ3v) is 4.13. The van der Waals surface area contributed by atoms with Gasteiger partial charge in [-0.2, -0.15) is 8.78 Å². The fourth-order valence-corrected chi connectivity index (χ4v) is 2.97. The van der Waals surface area contributed by atoms with Crippen LogP contribution in [0, 0.1) is 5.92 Å². The van der Waals surface area contributed by atoms with Gasteiger partial charge >= 0.3 is 0 Å². The maximum atomic E-state index is 14.4. The first-order valence-electron chi connectivity index (χ1n) is 7.79. The molecule has 1 N–H and O–H groups in total. The maximum Gasteiger partial charge on any atom is 0.285 e. The summed E-state index contributed by atoms with van der Waals surface area (Å²) in [5, 5.41) is 3.47. The van der Waals surface area contributed by atoms with E-state index in [0.717, 1.165) is 13.0 Å². The Morgan fingerprint density at radius 3 is 2.57 bits per heavy atom. The largest absolute Gasteiger partial charge is 0.311 e. The summed E-state index contributed by atoms with van der Waals surface area (Å²) in [6, 6.07) is 8.59. The Balaban J connectivity index is 2.02. The predicted octanol–water partition coefficient (Wildman–Crippen LogP) is 3.49. The van der Waals surface area contributed by atoms with Crippen LogP contribution < -0.4 is 5.32 Å². The lowest BCUT2D eigenvalue weighted by Gasteiger charge is -2.40. The van der Waals surface area contributed by atoms with E-state index < -0.39 is 5.92 Å². The molecule has 2 rings (SSSR count). The Kier molecular flexibility index (Phi) is 5.33. The quantitative estimate of drug-likeness (QED) is 0.895. The third kappa shape index (κ3) is 4.48. The molecule has 1 aliphatic rings. The van der Waals surface area contributed by atoms with Gasteiger partial charge in [-0.05, 0) is 19.3 Å². The van der Waals surface area contributed by atoms with Gasteiger partial charge in [0.15, 0.2) is 0 Å². The van der Waals surface area contributed by atoms with E-state index in [9.17, 15) is 8.78 Å². The van der Waals surface area contributed by atoms with Gasteiger partial charge in [-0.15, -0.1) is 0 Å². The lowest BCUT2D eigenvalue weighted by Crippen LogP contribution is -2.57. The summed E-state index contributed by atoms with van der Waals surface area (Å²) in [6.45, 7) is 7.63. The summed E-state index contributed by atoms with van der Waals surface area (Å²) in [5.74, 6) is -2.22. The fourth-order valence-electron chi connectivity index (χ4n) is 2.97. The lowest BCUT2D eigenvalue weighted by molar-refractivity contribution is -0.0547. The zero-order valence-corrected chi connectivity index (χ0v) is 13.2. The second-order valence-corrected chi connectivity index (χ2v) is 6.58. The minimum atomic E-state index is -2.80. The van der Waals surface area contributed by atoms with Crippen LogP contribution in [0.5, 0.6) is 0 Å². The van der Waals surface area contributed by atoms with Crippen molar-refractivity contribution >= 4 is 0 Å². The van der Waals surface area contributed by atoms with Crippen LogP contribution in [-0.4, -0.2) is 36.6 Å². The number of alkyl halides is 2. The van der Waals surface area contributed by atoms with Crippen LogP contribution in [0.25, 0.3) is 0 Å². The summed E-state index contributed by atoms with van der Waals surface area (Å²) < 4.78 is 28.9. The first kappa shape index (κ1) is 16.4. The molecule has 0 amide bonds. The second kappa shape index (κ2) is 6.84. The summed E-state index contributed by atoms with van der Waals surface area (Å²) in [7, 11) is 0. The Morgan fingerprint density at radius 1 is 1.29 bits per heavy atom. The average Bonchev–Trinajstić information content (AvgIpc) is 2.43. The standard InChI is InChI=1S/C17H26F2N2/c1-13(2)9-16-11-21(14(3)10-20-16)12-17(18,19)15-7-5-4-6-8-15/h4-8,13-14,16,20H,9-12H2,1-3H3. The predicted molar refractivity (Wildman–Crippen MR) is 82.6 cm³/mol. The van der Waals surface area contributed by atoms with E-state index in [-0.39, 0.29) is 18.2 Å². The molecule has 0 bridgehead atoms. The molecule has 0 aliphatic carbocycles. The molecule has 1 aliphatic heterocycles. The molecule has 0 radical (unpaired) electrons. The summed E-state index contributed by atoms with van der Waals surface area (Å²) in [4.78, 5) is 1.93. The highest BCUT2D eigenvalue weighted by Crippen LogP contribution is 2.30. The SMILES string of the molecule is CC(C)CC1CN(CC(F)(F)c2ccccc2)C(C)CN1.